The van der Waals surface area contributed by atoms with Gasteiger partial charge in [-0.25, -0.2) is 13.6 Å². The zero-order chi connectivity index (χ0) is 24.5. The third-order valence-electron chi connectivity index (χ3n) is 5.78. The molecule has 1 heterocycles. The Balaban J connectivity index is 1.56. The van der Waals surface area contributed by atoms with Gasteiger partial charge in [-0.2, -0.15) is 0 Å². The van der Waals surface area contributed by atoms with Crippen LogP contribution in [0.3, 0.4) is 0 Å². The van der Waals surface area contributed by atoms with Crippen LogP contribution in [0, 0.1) is 5.41 Å². The molecule has 1 aliphatic rings. The summed E-state index contributed by atoms with van der Waals surface area (Å²) in [4.78, 5) is 15.1. The molecule has 1 saturated heterocycles. The standard InChI is InChI=1S/C24H24ClN5O3S/c25-19-14-15(18-7-1-2-9-22(18)34(28,32)33)10-11-20(19)29-24(31)21-8-4-12-30(21)17-6-3-5-16(13-17)23(26)27/h1-3,5-7,9-11,13-14,21H,4,8,12H2,(H3,26,27)(H,29,31)(H2,28,32,33). The van der Waals surface area contributed by atoms with Crippen LogP contribution in [0.4, 0.5) is 11.4 Å². The van der Waals surface area contributed by atoms with Gasteiger partial charge in [-0.1, -0.05) is 48.0 Å². The molecular weight excluding hydrogens is 474 g/mol. The van der Waals surface area contributed by atoms with E-state index < -0.39 is 16.1 Å². The van der Waals surface area contributed by atoms with Gasteiger partial charge in [-0.05, 0) is 48.7 Å². The number of nitrogens with zero attached hydrogens (tertiary/aromatic N) is 1. The molecule has 0 aliphatic carbocycles. The molecule has 0 bridgehead atoms. The first-order valence-electron chi connectivity index (χ1n) is 10.6. The molecule has 0 spiro atoms. The Labute approximate surface area is 203 Å². The number of nitrogens with two attached hydrogens (primary N) is 2. The predicted octanol–water partition coefficient (Wildman–Crippen LogP) is 3.55. The minimum atomic E-state index is -3.92. The van der Waals surface area contributed by atoms with Crippen molar-refractivity contribution < 1.29 is 13.2 Å². The highest BCUT2D eigenvalue weighted by Crippen LogP contribution is 2.33. The fourth-order valence-electron chi connectivity index (χ4n) is 4.15. The first-order chi connectivity index (χ1) is 16.1. The Morgan fingerprint density at radius 3 is 2.56 bits per heavy atom. The van der Waals surface area contributed by atoms with E-state index in [0.29, 0.717) is 35.3 Å². The average molecular weight is 498 g/mol. The number of carbonyl (C=O) groups is 1. The van der Waals surface area contributed by atoms with E-state index in [-0.39, 0.29) is 21.7 Å². The van der Waals surface area contributed by atoms with Crippen molar-refractivity contribution in [2.24, 2.45) is 10.9 Å². The highest BCUT2D eigenvalue weighted by atomic mass is 35.5. The number of primary sulfonamides is 1. The first kappa shape index (κ1) is 23.7. The monoisotopic (exact) mass is 497 g/mol. The van der Waals surface area contributed by atoms with Gasteiger partial charge in [0.25, 0.3) is 0 Å². The number of amidine groups is 1. The molecule has 0 radical (unpaired) electrons. The number of sulfonamides is 1. The van der Waals surface area contributed by atoms with Crippen molar-refractivity contribution in [3.05, 3.63) is 77.3 Å². The number of halogens is 1. The molecular formula is C24H24ClN5O3S. The van der Waals surface area contributed by atoms with Crippen molar-refractivity contribution in [3.8, 4) is 11.1 Å². The fourth-order valence-corrected chi connectivity index (χ4v) is 5.14. The third-order valence-corrected chi connectivity index (χ3v) is 7.06. The second kappa shape index (κ2) is 9.46. The number of hydrogen-bond acceptors (Lipinski definition) is 5. The maximum atomic E-state index is 13.1. The van der Waals surface area contributed by atoms with Gasteiger partial charge >= 0.3 is 0 Å². The van der Waals surface area contributed by atoms with Crippen molar-refractivity contribution in [2.75, 3.05) is 16.8 Å². The van der Waals surface area contributed by atoms with Crippen LogP contribution < -0.4 is 21.1 Å². The number of rotatable bonds is 6. The van der Waals surface area contributed by atoms with Crippen molar-refractivity contribution >= 4 is 44.7 Å². The van der Waals surface area contributed by atoms with Crippen LogP contribution in [0.1, 0.15) is 18.4 Å². The van der Waals surface area contributed by atoms with Crippen LogP contribution in [-0.4, -0.2) is 32.7 Å². The Morgan fingerprint density at radius 2 is 1.85 bits per heavy atom. The summed E-state index contributed by atoms with van der Waals surface area (Å²) in [5, 5.41) is 16.2. The highest BCUT2D eigenvalue weighted by molar-refractivity contribution is 7.89. The fraction of sp³-hybridized carbons (Fsp3) is 0.167. The van der Waals surface area contributed by atoms with E-state index in [4.69, 9.17) is 27.9 Å². The minimum Gasteiger partial charge on any atom is -0.384 e. The molecule has 0 saturated carbocycles. The van der Waals surface area contributed by atoms with Gasteiger partial charge in [0.05, 0.1) is 15.6 Å². The Kier molecular flexibility index (Phi) is 6.60. The summed E-state index contributed by atoms with van der Waals surface area (Å²) in [6.45, 7) is 0.705. The summed E-state index contributed by atoms with van der Waals surface area (Å²) in [5.41, 5.74) is 8.45. The van der Waals surface area contributed by atoms with Crippen LogP contribution in [0.25, 0.3) is 11.1 Å². The largest absolute Gasteiger partial charge is 0.384 e. The molecule has 176 valence electrons. The van der Waals surface area contributed by atoms with E-state index in [9.17, 15) is 13.2 Å². The summed E-state index contributed by atoms with van der Waals surface area (Å²) >= 11 is 6.46. The highest BCUT2D eigenvalue weighted by Gasteiger charge is 2.31. The maximum absolute atomic E-state index is 13.1. The quantitative estimate of drug-likeness (QED) is 0.304. The molecule has 1 amide bonds. The van der Waals surface area contributed by atoms with Gasteiger partial charge in [-0.15, -0.1) is 0 Å². The molecule has 1 fully saturated rings. The molecule has 3 aromatic rings. The lowest BCUT2D eigenvalue weighted by Gasteiger charge is -2.26. The Morgan fingerprint density at radius 1 is 1.09 bits per heavy atom. The topological polar surface area (TPSA) is 142 Å². The van der Waals surface area contributed by atoms with Crippen LogP contribution in [-0.2, 0) is 14.8 Å². The number of hydrogen-bond donors (Lipinski definition) is 4. The molecule has 4 rings (SSSR count). The number of amides is 1. The van der Waals surface area contributed by atoms with Gasteiger partial charge < -0.3 is 16.0 Å². The first-order valence-corrected chi connectivity index (χ1v) is 12.5. The SMILES string of the molecule is N=C(N)c1cccc(N2CCCC2C(=O)Nc2ccc(-c3ccccc3S(N)(=O)=O)cc2Cl)c1. The molecule has 1 unspecified atom stereocenters. The minimum absolute atomic E-state index is 0.00255. The van der Waals surface area contributed by atoms with Crippen LogP contribution >= 0.6 is 11.6 Å². The van der Waals surface area contributed by atoms with E-state index in [1.165, 1.54) is 6.07 Å². The predicted molar refractivity (Wildman–Crippen MR) is 135 cm³/mol. The lowest BCUT2D eigenvalue weighted by molar-refractivity contribution is -0.117. The van der Waals surface area contributed by atoms with E-state index >= 15 is 0 Å². The van der Waals surface area contributed by atoms with Gasteiger partial charge in [0, 0.05) is 23.4 Å². The number of nitrogen functional groups attached to an aromatic ring is 1. The summed E-state index contributed by atoms with van der Waals surface area (Å²) in [7, 11) is -3.92. The molecule has 3 aromatic carbocycles. The molecule has 0 aromatic heterocycles. The maximum Gasteiger partial charge on any atom is 0.247 e. The molecule has 6 N–H and O–H groups in total. The Bertz CT molecular complexity index is 1380. The van der Waals surface area contributed by atoms with E-state index in [1.807, 2.05) is 17.0 Å². The number of carbonyl (C=O) groups excluding carboxylic acids is 1. The zero-order valence-corrected chi connectivity index (χ0v) is 19.7. The Hall–Kier alpha value is -3.40. The number of nitrogens with one attached hydrogen (secondary N) is 2. The van der Waals surface area contributed by atoms with Gasteiger partial charge in [-0.3, -0.25) is 10.2 Å². The van der Waals surface area contributed by atoms with Gasteiger partial charge in [0.1, 0.15) is 11.9 Å². The van der Waals surface area contributed by atoms with Crippen LogP contribution in [0.15, 0.2) is 71.6 Å². The average Bonchev–Trinajstić information content (AvgIpc) is 3.30. The van der Waals surface area contributed by atoms with E-state index in [0.717, 1.165) is 12.1 Å². The van der Waals surface area contributed by atoms with Gasteiger partial charge in [0.2, 0.25) is 15.9 Å². The second-order valence-corrected chi connectivity index (χ2v) is 9.98. The molecule has 8 nitrogen and oxygen atoms in total. The molecule has 1 aliphatic heterocycles. The summed E-state index contributed by atoms with van der Waals surface area (Å²) in [6.07, 6.45) is 1.52. The normalized spacial score (nSPS) is 15.8. The molecule has 34 heavy (non-hydrogen) atoms. The van der Waals surface area contributed by atoms with Crippen LogP contribution in [0.2, 0.25) is 5.02 Å². The smallest absolute Gasteiger partial charge is 0.247 e. The number of anilines is 2. The van der Waals surface area contributed by atoms with Crippen molar-refractivity contribution in [3.63, 3.8) is 0 Å². The third kappa shape index (κ3) is 4.91. The lowest BCUT2D eigenvalue weighted by atomic mass is 10.1. The zero-order valence-electron chi connectivity index (χ0n) is 18.2. The summed E-state index contributed by atoms with van der Waals surface area (Å²) < 4.78 is 23.9. The second-order valence-electron chi connectivity index (χ2n) is 8.04. The van der Waals surface area contributed by atoms with Crippen molar-refractivity contribution in [2.45, 2.75) is 23.8 Å². The van der Waals surface area contributed by atoms with Crippen molar-refractivity contribution in [1.82, 2.24) is 0 Å². The number of benzene rings is 3. The summed E-state index contributed by atoms with van der Waals surface area (Å²) in [5.74, 6) is -0.233. The molecule has 1 atom stereocenters. The van der Waals surface area contributed by atoms with Crippen LogP contribution in [0.5, 0.6) is 0 Å². The van der Waals surface area contributed by atoms with Gasteiger partial charge in [0.15, 0.2) is 0 Å². The molecule has 10 heteroatoms. The van der Waals surface area contributed by atoms with E-state index in [2.05, 4.69) is 5.32 Å². The summed E-state index contributed by atoms with van der Waals surface area (Å²) in [6, 6.07) is 18.2. The van der Waals surface area contributed by atoms with E-state index in [1.54, 1.807) is 48.5 Å². The lowest BCUT2D eigenvalue weighted by Crippen LogP contribution is -2.39. The van der Waals surface area contributed by atoms with Crippen molar-refractivity contribution in [1.29, 1.82) is 5.41 Å².